The molecule has 1 aromatic carbocycles. The van der Waals surface area contributed by atoms with Crippen LogP contribution in [0.1, 0.15) is 16.9 Å². The van der Waals surface area contributed by atoms with Crippen LogP contribution in [0.4, 0.5) is 0 Å². The predicted octanol–water partition coefficient (Wildman–Crippen LogP) is 3.94. The summed E-state index contributed by atoms with van der Waals surface area (Å²) >= 11 is 6.09. The Hall–Kier alpha value is -1.25. The van der Waals surface area contributed by atoms with E-state index in [2.05, 4.69) is 11.4 Å². The summed E-state index contributed by atoms with van der Waals surface area (Å²) < 4.78 is 5.78. The second-order valence-corrected chi connectivity index (χ2v) is 4.62. The molecular weight excluding hydrogens is 234 g/mol. The van der Waals surface area contributed by atoms with Crippen molar-refractivity contribution in [3.8, 4) is 11.3 Å². The fourth-order valence-electron chi connectivity index (χ4n) is 1.84. The number of hydrogen-bond donors (Lipinski definition) is 1. The van der Waals surface area contributed by atoms with E-state index in [4.69, 9.17) is 16.0 Å². The lowest BCUT2D eigenvalue weighted by atomic mass is 10.0. The van der Waals surface area contributed by atoms with Gasteiger partial charge in [0.25, 0.3) is 0 Å². The van der Waals surface area contributed by atoms with Gasteiger partial charge in [0.05, 0.1) is 6.54 Å². The Labute approximate surface area is 107 Å². The minimum atomic E-state index is 0.742. The summed E-state index contributed by atoms with van der Waals surface area (Å²) in [6.07, 6.45) is 0. The lowest BCUT2D eigenvalue weighted by molar-refractivity contribution is 0.507. The van der Waals surface area contributed by atoms with Gasteiger partial charge in [-0.25, -0.2) is 0 Å². The molecule has 0 fully saturated rings. The van der Waals surface area contributed by atoms with E-state index in [-0.39, 0.29) is 0 Å². The van der Waals surface area contributed by atoms with E-state index in [1.54, 1.807) is 0 Å². The summed E-state index contributed by atoms with van der Waals surface area (Å²) in [6, 6.07) is 8.05. The van der Waals surface area contributed by atoms with E-state index in [1.807, 2.05) is 39.1 Å². The minimum Gasteiger partial charge on any atom is -0.460 e. The van der Waals surface area contributed by atoms with Crippen molar-refractivity contribution in [3.05, 3.63) is 46.2 Å². The monoisotopic (exact) mass is 249 g/mol. The van der Waals surface area contributed by atoms with Gasteiger partial charge in [-0.3, -0.25) is 0 Å². The Morgan fingerprint density at radius 2 is 1.94 bits per heavy atom. The van der Waals surface area contributed by atoms with Crippen molar-refractivity contribution in [1.29, 1.82) is 0 Å². The number of halogens is 1. The summed E-state index contributed by atoms with van der Waals surface area (Å²) in [5.74, 6) is 1.84. The van der Waals surface area contributed by atoms with E-state index < -0.39 is 0 Å². The zero-order valence-electron chi connectivity index (χ0n) is 10.3. The molecule has 1 aromatic heterocycles. The van der Waals surface area contributed by atoms with Crippen LogP contribution in [0.5, 0.6) is 0 Å². The molecule has 0 spiro atoms. The molecule has 17 heavy (non-hydrogen) atoms. The van der Waals surface area contributed by atoms with Crippen LogP contribution in [0.3, 0.4) is 0 Å². The largest absolute Gasteiger partial charge is 0.460 e. The highest BCUT2D eigenvalue weighted by Crippen LogP contribution is 2.30. The van der Waals surface area contributed by atoms with Crippen LogP contribution < -0.4 is 5.32 Å². The van der Waals surface area contributed by atoms with Gasteiger partial charge in [0, 0.05) is 10.6 Å². The molecule has 0 amide bonds. The van der Waals surface area contributed by atoms with Crippen LogP contribution in [0.15, 0.2) is 28.7 Å². The summed E-state index contributed by atoms with van der Waals surface area (Å²) in [7, 11) is 1.90. The predicted molar refractivity (Wildman–Crippen MR) is 71.4 cm³/mol. The van der Waals surface area contributed by atoms with Gasteiger partial charge in [-0.05, 0) is 56.3 Å². The van der Waals surface area contributed by atoms with Crippen molar-refractivity contribution in [2.75, 3.05) is 7.05 Å². The van der Waals surface area contributed by atoms with E-state index in [0.717, 1.165) is 39.8 Å². The Bertz CT molecular complexity index is 531. The Morgan fingerprint density at radius 3 is 2.65 bits per heavy atom. The maximum Gasteiger partial charge on any atom is 0.134 e. The van der Waals surface area contributed by atoms with Crippen LogP contribution in [-0.2, 0) is 6.54 Å². The van der Waals surface area contributed by atoms with E-state index in [1.165, 1.54) is 0 Å². The molecular formula is C14H16ClNO. The first kappa shape index (κ1) is 12.2. The van der Waals surface area contributed by atoms with Gasteiger partial charge in [0.1, 0.15) is 11.5 Å². The summed E-state index contributed by atoms with van der Waals surface area (Å²) in [4.78, 5) is 0. The third-order valence-electron chi connectivity index (χ3n) is 2.78. The molecule has 0 unspecified atom stereocenters. The van der Waals surface area contributed by atoms with Gasteiger partial charge in [0.2, 0.25) is 0 Å². The van der Waals surface area contributed by atoms with Crippen LogP contribution >= 0.6 is 11.6 Å². The quantitative estimate of drug-likeness (QED) is 0.892. The molecule has 0 saturated heterocycles. The van der Waals surface area contributed by atoms with Gasteiger partial charge < -0.3 is 9.73 Å². The molecule has 3 heteroatoms. The van der Waals surface area contributed by atoms with Crippen molar-refractivity contribution < 1.29 is 4.42 Å². The summed E-state index contributed by atoms with van der Waals surface area (Å²) in [5.41, 5.74) is 3.30. The van der Waals surface area contributed by atoms with Crippen molar-refractivity contribution in [2.45, 2.75) is 20.4 Å². The van der Waals surface area contributed by atoms with E-state index >= 15 is 0 Å². The third kappa shape index (κ3) is 2.54. The number of rotatable bonds is 3. The normalized spacial score (nSPS) is 10.8. The SMILES string of the molecule is CNCc1ccc(-c2cc(C)c(Cl)cc2C)o1. The van der Waals surface area contributed by atoms with Crippen LogP contribution in [0, 0.1) is 13.8 Å². The molecule has 0 atom stereocenters. The van der Waals surface area contributed by atoms with Crippen molar-refractivity contribution in [1.82, 2.24) is 5.32 Å². The molecule has 2 nitrogen and oxygen atoms in total. The number of nitrogens with one attached hydrogen (secondary N) is 1. The van der Waals surface area contributed by atoms with Crippen LogP contribution in [-0.4, -0.2) is 7.05 Å². The molecule has 2 aromatic rings. The fourth-order valence-corrected chi connectivity index (χ4v) is 2.06. The second kappa shape index (κ2) is 4.94. The lowest BCUT2D eigenvalue weighted by Gasteiger charge is -2.06. The second-order valence-electron chi connectivity index (χ2n) is 4.21. The number of furan rings is 1. The molecule has 90 valence electrons. The molecule has 1 N–H and O–H groups in total. The first-order valence-electron chi connectivity index (χ1n) is 5.62. The zero-order valence-corrected chi connectivity index (χ0v) is 11.1. The first-order chi connectivity index (χ1) is 8.11. The van der Waals surface area contributed by atoms with Gasteiger partial charge >= 0.3 is 0 Å². The Kier molecular flexibility index (Phi) is 3.55. The topological polar surface area (TPSA) is 25.2 Å². The highest BCUT2D eigenvalue weighted by atomic mass is 35.5. The summed E-state index contributed by atoms with van der Waals surface area (Å²) in [5, 5.41) is 3.87. The molecule has 0 bridgehead atoms. The number of benzene rings is 1. The third-order valence-corrected chi connectivity index (χ3v) is 3.19. The molecule has 2 rings (SSSR count). The van der Waals surface area contributed by atoms with Crippen LogP contribution in [0.25, 0.3) is 11.3 Å². The first-order valence-corrected chi connectivity index (χ1v) is 6.00. The zero-order chi connectivity index (χ0) is 12.4. The van der Waals surface area contributed by atoms with Crippen molar-refractivity contribution >= 4 is 11.6 Å². The lowest BCUT2D eigenvalue weighted by Crippen LogP contribution is -2.03. The standard InChI is InChI=1S/C14H16ClNO/c1-9-7-13(15)10(2)6-12(9)14-5-4-11(17-14)8-16-3/h4-7,16H,8H2,1-3H3. The van der Waals surface area contributed by atoms with Gasteiger partial charge in [0.15, 0.2) is 0 Å². The van der Waals surface area contributed by atoms with E-state index in [9.17, 15) is 0 Å². The average molecular weight is 250 g/mol. The molecule has 0 aliphatic rings. The van der Waals surface area contributed by atoms with Crippen LogP contribution in [0.2, 0.25) is 5.02 Å². The van der Waals surface area contributed by atoms with E-state index in [0.29, 0.717) is 0 Å². The van der Waals surface area contributed by atoms with Gasteiger partial charge in [-0.2, -0.15) is 0 Å². The fraction of sp³-hybridized carbons (Fsp3) is 0.286. The molecule has 0 aliphatic carbocycles. The smallest absolute Gasteiger partial charge is 0.134 e. The highest BCUT2D eigenvalue weighted by Gasteiger charge is 2.09. The Morgan fingerprint density at radius 1 is 1.18 bits per heavy atom. The number of aryl methyl sites for hydroxylation is 2. The average Bonchev–Trinajstić information content (AvgIpc) is 2.72. The van der Waals surface area contributed by atoms with Gasteiger partial charge in [-0.1, -0.05) is 11.6 Å². The highest BCUT2D eigenvalue weighted by molar-refractivity contribution is 6.31. The minimum absolute atomic E-state index is 0.742. The number of hydrogen-bond acceptors (Lipinski definition) is 2. The van der Waals surface area contributed by atoms with Crippen molar-refractivity contribution in [3.63, 3.8) is 0 Å². The molecule has 0 aliphatic heterocycles. The van der Waals surface area contributed by atoms with Crippen molar-refractivity contribution in [2.24, 2.45) is 0 Å². The maximum absolute atomic E-state index is 6.09. The molecule has 1 heterocycles. The molecule has 0 saturated carbocycles. The molecule has 0 radical (unpaired) electrons. The summed E-state index contributed by atoms with van der Waals surface area (Å²) in [6.45, 7) is 4.79. The maximum atomic E-state index is 6.09. The van der Waals surface area contributed by atoms with Gasteiger partial charge in [-0.15, -0.1) is 0 Å². The Balaban J connectivity index is 2.41.